The third-order valence-electron chi connectivity index (χ3n) is 4.20. The summed E-state index contributed by atoms with van der Waals surface area (Å²) in [5.74, 6) is 0.887. The molecular weight excluding hydrogens is 198 g/mol. The van der Waals surface area contributed by atoms with Crippen LogP contribution in [0.2, 0.25) is 0 Å². The fraction of sp³-hybridized carbons (Fsp3) is 0.929. The Morgan fingerprint density at radius 2 is 1.69 bits per heavy atom. The van der Waals surface area contributed by atoms with Crippen LogP contribution in [-0.2, 0) is 0 Å². The number of hydrogen-bond acceptors (Lipinski definition) is 2. The summed E-state index contributed by atoms with van der Waals surface area (Å²) in [4.78, 5) is 0. The van der Waals surface area contributed by atoms with E-state index < -0.39 is 6.10 Å². The lowest BCUT2D eigenvalue weighted by molar-refractivity contribution is 0.0337. The predicted molar refractivity (Wildman–Crippen MR) is 65.7 cm³/mol. The molecule has 0 aliphatic heterocycles. The highest BCUT2D eigenvalue weighted by molar-refractivity contribution is 4.91. The highest BCUT2D eigenvalue weighted by Crippen LogP contribution is 2.41. The van der Waals surface area contributed by atoms with Crippen molar-refractivity contribution in [2.45, 2.75) is 59.5 Å². The van der Waals surface area contributed by atoms with Crippen molar-refractivity contribution in [3.8, 4) is 6.07 Å². The van der Waals surface area contributed by atoms with E-state index in [-0.39, 0.29) is 5.92 Å². The van der Waals surface area contributed by atoms with Gasteiger partial charge in [-0.25, -0.2) is 0 Å². The molecule has 1 aliphatic carbocycles. The Hall–Kier alpha value is -0.550. The monoisotopic (exact) mass is 223 g/mol. The summed E-state index contributed by atoms with van der Waals surface area (Å²) in [6.07, 6.45) is 4.13. The van der Waals surface area contributed by atoms with Crippen LogP contribution in [0.3, 0.4) is 0 Å². The van der Waals surface area contributed by atoms with Crippen molar-refractivity contribution < 1.29 is 5.11 Å². The molecule has 1 saturated carbocycles. The van der Waals surface area contributed by atoms with E-state index in [0.717, 1.165) is 18.8 Å². The molecule has 0 bridgehead atoms. The molecule has 0 amide bonds. The van der Waals surface area contributed by atoms with Crippen LogP contribution in [0.25, 0.3) is 0 Å². The molecule has 92 valence electrons. The zero-order valence-corrected chi connectivity index (χ0v) is 11.0. The van der Waals surface area contributed by atoms with Gasteiger partial charge in [-0.1, -0.05) is 20.8 Å². The van der Waals surface area contributed by atoms with E-state index in [0.29, 0.717) is 11.3 Å². The molecule has 0 aromatic carbocycles. The second-order valence-electron chi connectivity index (χ2n) is 6.39. The lowest BCUT2D eigenvalue weighted by Gasteiger charge is -2.38. The van der Waals surface area contributed by atoms with E-state index in [9.17, 15) is 5.11 Å². The summed E-state index contributed by atoms with van der Waals surface area (Å²) in [5, 5.41) is 18.8. The largest absolute Gasteiger partial charge is 0.391 e. The van der Waals surface area contributed by atoms with Crippen LogP contribution in [0.15, 0.2) is 0 Å². The summed E-state index contributed by atoms with van der Waals surface area (Å²) in [6, 6.07) is 2.15. The van der Waals surface area contributed by atoms with Crippen LogP contribution in [-0.4, -0.2) is 11.2 Å². The second kappa shape index (κ2) is 5.19. The zero-order valence-electron chi connectivity index (χ0n) is 11.0. The van der Waals surface area contributed by atoms with Gasteiger partial charge in [-0.05, 0) is 49.9 Å². The Kier molecular flexibility index (Phi) is 4.38. The van der Waals surface area contributed by atoms with Gasteiger partial charge in [-0.3, -0.25) is 0 Å². The average Bonchev–Trinajstić information content (AvgIpc) is 2.26. The van der Waals surface area contributed by atoms with E-state index in [4.69, 9.17) is 5.26 Å². The van der Waals surface area contributed by atoms with Crippen molar-refractivity contribution >= 4 is 0 Å². The molecule has 1 rings (SSSR count). The van der Waals surface area contributed by atoms with E-state index in [1.807, 2.05) is 6.92 Å². The topological polar surface area (TPSA) is 44.0 Å². The minimum Gasteiger partial charge on any atom is -0.391 e. The van der Waals surface area contributed by atoms with Crippen LogP contribution in [0, 0.1) is 34.5 Å². The summed E-state index contributed by atoms with van der Waals surface area (Å²) in [6.45, 7) is 8.71. The van der Waals surface area contributed by atoms with Gasteiger partial charge in [-0.2, -0.15) is 5.26 Å². The van der Waals surface area contributed by atoms with Gasteiger partial charge < -0.3 is 5.11 Å². The Bertz CT molecular complexity index is 253. The second-order valence-corrected chi connectivity index (χ2v) is 6.39. The minimum absolute atomic E-state index is 0.226. The molecule has 2 nitrogen and oxygen atoms in total. The maximum atomic E-state index is 10.0. The molecule has 0 spiro atoms. The molecule has 0 aromatic rings. The molecule has 2 unspecified atom stereocenters. The van der Waals surface area contributed by atoms with Crippen molar-refractivity contribution in [2.75, 3.05) is 0 Å². The molecule has 2 atom stereocenters. The smallest absolute Gasteiger partial charge is 0.0723 e. The van der Waals surface area contributed by atoms with Gasteiger partial charge in [0.15, 0.2) is 0 Å². The number of nitrogens with zero attached hydrogens (tertiary/aromatic N) is 1. The zero-order chi connectivity index (χ0) is 12.3. The van der Waals surface area contributed by atoms with E-state index in [1.165, 1.54) is 12.8 Å². The maximum absolute atomic E-state index is 10.0. The Labute approximate surface area is 99.7 Å². The number of nitriles is 1. The first-order valence-corrected chi connectivity index (χ1v) is 6.44. The quantitative estimate of drug-likeness (QED) is 0.780. The lowest BCUT2D eigenvalue weighted by Crippen LogP contribution is -2.33. The molecule has 0 heterocycles. The molecule has 1 fully saturated rings. The number of aliphatic hydroxyl groups is 1. The minimum atomic E-state index is -0.425. The summed E-state index contributed by atoms with van der Waals surface area (Å²) < 4.78 is 0. The van der Waals surface area contributed by atoms with Crippen LogP contribution in [0.4, 0.5) is 0 Å². The SMILES string of the molecule is CC(C#N)C(O)C1CCC(C(C)(C)C)CC1. The first kappa shape index (κ1) is 13.5. The van der Waals surface area contributed by atoms with Crippen LogP contribution in [0.5, 0.6) is 0 Å². The Morgan fingerprint density at radius 1 is 1.19 bits per heavy atom. The standard InChI is InChI=1S/C14H25NO/c1-10(9-15)13(16)11-5-7-12(8-6-11)14(2,3)4/h10-13,16H,5-8H2,1-4H3. The van der Waals surface area contributed by atoms with Gasteiger partial charge >= 0.3 is 0 Å². The number of aliphatic hydroxyl groups excluding tert-OH is 1. The Morgan fingerprint density at radius 3 is 2.06 bits per heavy atom. The van der Waals surface area contributed by atoms with Crippen molar-refractivity contribution in [3.63, 3.8) is 0 Å². The van der Waals surface area contributed by atoms with Gasteiger partial charge in [0.25, 0.3) is 0 Å². The fourth-order valence-electron chi connectivity index (χ4n) is 2.81. The molecular formula is C14H25NO. The number of hydrogen-bond donors (Lipinski definition) is 1. The van der Waals surface area contributed by atoms with Crippen molar-refractivity contribution in [1.82, 2.24) is 0 Å². The van der Waals surface area contributed by atoms with E-state index >= 15 is 0 Å². The summed E-state index contributed by atoms with van der Waals surface area (Å²) >= 11 is 0. The fourth-order valence-corrected chi connectivity index (χ4v) is 2.81. The highest BCUT2D eigenvalue weighted by atomic mass is 16.3. The average molecular weight is 223 g/mol. The van der Waals surface area contributed by atoms with Gasteiger partial charge in [0.1, 0.15) is 0 Å². The highest BCUT2D eigenvalue weighted by Gasteiger charge is 2.33. The van der Waals surface area contributed by atoms with Gasteiger partial charge in [-0.15, -0.1) is 0 Å². The van der Waals surface area contributed by atoms with Gasteiger partial charge in [0.05, 0.1) is 18.1 Å². The normalized spacial score (nSPS) is 30.5. The van der Waals surface area contributed by atoms with Crippen molar-refractivity contribution in [2.24, 2.45) is 23.2 Å². The third kappa shape index (κ3) is 3.22. The number of rotatable bonds is 2. The van der Waals surface area contributed by atoms with Crippen molar-refractivity contribution in [1.29, 1.82) is 5.26 Å². The molecule has 2 heteroatoms. The molecule has 0 radical (unpaired) electrons. The molecule has 16 heavy (non-hydrogen) atoms. The summed E-state index contributed by atoms with van der Waals surface area (Å²) in [7, 11) is 0. The van der Waals surface area contributed by atoms with Gasteiger partial charge in [0.2, 0.25) is 0 Å². The first-order valence-electron chi connectivity index (χ1n) is 6.44. The molecule has 0 saturated heterocycles. The predicted octanol–water partition coefficient (Wildman–Crippen LogP) is 3.36. The molecule has 1 N–H and O–H groups in total. The van der Waals surface area contributed by atoms with Gasteiger partial charge in [0, 0.05) is 0 Å². The summed E-state index contributed by atoms with van der Waals surface area (Å²) in [5.41, 5.74) is 0.386. The third-order valence-corrected chi connectivity index (χ3v) is 4.20. The Balaban J connectivity index is 2.47. The van der Waals surface area contributed by atoms with Crippen LogP contribution < -0.4 is 0 Å². The van der Waals surface area contributed by atoms with Crippen LogP contribution >= 0.6 is 0 Å². The van der Waals surface area contributed by atoms with Crippen LogP contribution in [0.1, 0.15) is 53.4 Å². The molecule has 0 aromatic heterocycles. The molecule has 1 aliphatic rings. The van der Waals surface area contributed by atoms with E-state index in [1.54, 1.807) is 0 Å². The lowest BCUT2D eigenvalue weighted by atomic mass is 9.68. The maximum Gasteiger partial charge on any atom is 0.0723 e. The van der Waals surface area contributed by atoms with E-state index in [2.05, 4.69) is 26.8 Å². The first-order chi connectivity index (χ1) is 7.36. The van der Waals surface area contributed by atoms with Crippen molar-refractivity contribution in [3.05, 3.63) is 0 Å².